The van der Waals surface area contributed by atoms with Crippen LogP contribution in [0.5, 0.6) is 0 Å². The van der Waals surface area contributed by atoms with E-state index in [-0.39, 0.29) is 5.82 Å². The summed E-state index contributed by atoms with van der Waals surface area (Å²) < 4.78 is 14.3. The SMILES string of the molecule is Fc1ccccc1CSC(=S)N1CCCC1. The van der Waals surface area contributed by atoms with E-state index in [1.54, 1.807) is 17.8 Å². The minimum atomic E-state index is -0.140. The van der Waals surface area contributed by atoms with Gasteiger partial charge >= 0.3 is 0 Å². The molecule has 1 aromatic rings. The van der Waals surface area contributed by atoms with Crippen LogP contribution in [-0.4, -0.2) is 22.3 Å². The highest BCUT2D eigenvalue weighted by Gasteiger charge is 2.15. The maximum absolute atomic E-state index is 13.3. The van der Waals surface area contributed by atoms with Crippen LogP contribution in [0.1, 0.15) is 18.4 Å². The van der Waals surface area contributed by atoms with E-state index in [1.807, 2.05) is 12.1 Å². The fourth-order valence-electron chi connectivity index (χ4n) is 1.75. The van der Waals surface area contributed by atoms with Crippen molar-refractivity contribution < 1.29 is 4.39 Å². The average Bonchev–Trinajstić information content (AvgIpc) is 2.81. The lowest BCUT2D eigenvalue weighted by Crippen LogP contribution is -2.23. The van der Waals surface area contributed by atoms with E-state index < -0.39 is 0 Å². The summed E-state index contributed by atoms with van der Waals surface area (Å²) in [5.41, 5.74) is 0.731. The van der Waals surface area contributed by atoms with E-state index in [9.17, 15) is 4.39 Å². The van der Waals surface area contributed by atoms with Gasteiger partial charge in [0.05, 0.1) is 0 Å². The lowest BCUT2D eigenvalue weighted by Gasteiger charge is -2.17. The van der Waals surface area contributed by atoms with Crippen LogP contribution in [0.4, 0.5) is 4.39 Å². The highest BCUT2D eigenvalue weighted by atomic mass is 32.2. The Morgan fingerprint density at radius 1 is 1.31 bits per heavy atom. The first kappa shape index (κ1) is 11.9. The molecule has 0 spiro atoms. The van der Waals surface area contributed by atoms with Crippen LogP contribution >= 0.6 is 24.0 Å². The number of thiocarbonyl (C=S) groups is 1. The van der Waals surface area contributed by atoms with Crippen molar-refractivity contribution in [3.63, 3.8) is 0 Å². The molecule has 0 N–H and O–H groups in total. The van der Waals surface area contributed by atoms with Crippen LogP contribution in [0.25, 0.3) is 0 Å². The third kappa shape index (κ3) is 2.95. The van der Waals surface area contributed by atoms with Gasteiger partial charge in [-0.1, -0.05) is 42.2 Å². The molecule has 1 aliphatic rings. The van der Waals surface area contributed by atoms with Crippen molar-refractivity contribution in [2.45, 2.75) is 18.6 Å². The molecule has 0 radical (unpaired) electrons. The van der Waals surface area contributed by atoms with Crippen LogP contribution in [0, 0.1) is 5.82 Å². The summed E-state index contributed by atoms with van der Waals surface area (Å²) in [6.07, 6.45) is 2.45. The first-order chi connectivity index (χ1) is 7.77. The first-order valence-electron chi connectivity index (χ1n) is 5.42. The topological polar surface area (TPSA) is 3.24 Å². The molecule has 1 nitrogen and oxygen atoms in total. The van der Waals surface area contributed by atoms with Crippen molar-refractivity contribution in [3.05, 3.63) is 35.6 Å². The molecule has 1 heterocycles. The zero-order chi connectivity index (χ0) is 11.4. The summed E-state index contributed by atoms with van der Waals surface area (Å²) in [4.78, 5) is 2.21. The van der Waals surface area contributed by atoms with E-state index in [1.165, 1.54) is 18.9 Å². The Hall–Kier alpha value is -0.610. The van der Waals surface area contributed by atoms with Crippen LogP contribution in [0.3, 0.4) is 0 Å². The molecule has 1 saturated heterocycles. The molecule has 0 aromatic heterocycles. The Balaban J connectivity index is 1.87. The predicted molar refractivity (Wildman–Crippen MR) is 71.1 cm³/mol. The van der Waals surface area contributed by atoms with Crippen LogP contribution in [0.2, 0.25) is 0 Å². The quantitative estimate of drug-likeness (QED) is 0.745. The number of thioether (sulfide) groups is 1. The Kier molecular flexibility index (Phi) is 4.18. The fraction of sp³-hybridized carbons (Fsp3) is 0.417. The van der Waals surface area contributed by atoms with Gasteiger partial charge in [-0.2, -0.15) is 0 Å². The molecule has 86 valence electrons. The van der Waals surface area contributed by atoms with E-state index in [0.29, 0.717) is 5.75 Å². The molecule has 16 heavy (non-hydrogen) atoms. The second-order valence-electron chi connectivity index (χ2n) is 3.84. The monoisotopic (exact) mass is 255 g/mol. The first-order valence-corrected chi connectivity index (χ1v) is 6.82. The molecule has 1 aliphatic heterocycles. The second kappa shape index (κ2) is 5.64. The van der Waals surface area contributed by atoms with Crippen molar-refractivity contribution in [3.8, 4) is 0 Å². The van der Waals surface area contributed by atoms with E-state index in [0.717, 1.165) is 23.0 Å². The minimum Gasteiger partial charge on any atom is -0.358 e. The van der Waals surface area contributed by atoms with E-state index in [2.05, 4.69) is 4.90 Å². The Bertz CT molecular complexity index is 375. The maximum Gasteiger partial charge on any atom is 0.136 e. The number of likely N-dealkylation sites (tertiary alicyclic amines) is 1. The molecule has 2 rings (SSSR count). The molecule has 0 bridgehead atoms. The van der Waals surface area contributed by atoms with Gasteiger partial charge in [-0.15, -0.1) is 0 Å². The van der Waals surface area contributed by atoms with Crippen LogP contribution in [0.15, 0.2) is 24.3 Å². The number of hydrogen-bond acceptors (Lipinski definition) is 2. The van der Waals surface area contributed by atoms with Gasteiger partial charge in [0.2, 0.25) is 0 Å². The molecular formula is C12H14FNS2. The summed E-state index contributed by atoms with van der Waals surface area (Å²) >= 11 is 6.88. The largest absolute Gasteiger partial charge is 0.358 e. The zero-order valence-electron chi connectivity index (χ0n) is 8.99. The maximum atomic E-state index is 13.3. The normalized spacial score (nSPS) is 15.4. The van der Waals surface area contributed by atoms with E-state index in [4.69, 9.17) is 12.2 Å². The lowest BCUT2D eigenvalue weighted by atomic mass is 10.2. The van der Waals surface area contributed by atoms with Gasteiger partial charge in [-0.25, -0.2) is 4.39 Å². The molecule has 1 fully saturated rings. The number of hydrogen-bond donors (Lipinski definition) is 0. The summed E-state index contributed by atoms with van der Waals surface area (Å²) in [7, 11) is 0. The summed E-state index contributed by atoms with van der Waals surface area (Å²) in [6.45, 7) is 2.12. The molecule has 4 heteroatoms. The predicted octanol–water partition coefficient (Wildman–Crippen LogP) is 3.44. The van der Waals surface area contributed by atoms with Crippen LogP contribution in [-0.2, 0) is 5.75 Å². The van der Waals surface area contributed by atoms with E-state index >= 15 is 0 Å². The molecule has 0 unspecified atom stereocenters. The average molecular weight is 255 g/mol. The van der Waals surface area contributed by atoms with Gasteiger partial charge in [-0.05, 0) is 24.5 Å². The Morgan fingerprint density at radius 3 is 2.69 bits per heavy atom. The second-order valence-corrected chi connectivity index (χ2v) is 5.45. The Labute approximate surface area is 105 Å². The fourth-order valence-corrected chi connectivity index (χ4v) is 2.98. The van der Waals surface area contributed by atoms with Crippen molar-refractivity contribution >= 4 is 28.3 Å². The standard InChI is InChI=1S/C12H14FNS2/c13-11-6-2-1-5-10(11)9-16-12(15)14-7-3-4-8-14/h1-2,5-6H,3-4,7-9H2. The molecular weight excluding hydrogens is 241 g/mol. The smallest absolute Gasteiger partial charge is 0.136 e. The third-order valence-corrected chi connectivity index (χ3v) is 4.25. The molecule has 0 saturated carbocycles. The number of halogens is 1. The molecule has 1 aromatic carbocycles. The highest BCUT2D eigenvalue weighted by Crippen LogP contribution is 2.21. The number of rotatable bonds is 2. The number of benzene rings is 1. The Morgan fingerprint density at radius 2 is 2.00 bits per heavy atom. The van der Waals surface area contributed by atoms with Crippen molar-refractivity contribution in [2.24, 2.45) is 0 Å². The zero-order valence-corrected chi connectivity index (χ0v) is 10.6. The van der Waals surface area contributed by atoms with Gasteiger partial charge in [0, 0.05) is 18.8 Å². The van der Waals surface area contributed by atoms with Gasteiger partial charge in [-0.3, -0.25) is 0 Å². The van der Waals surface area contributed by atoms with Crippen LogP contribution < -0.4 is 0 Å². The van der Waals surface area contributed by atoms with Crippen molar-refractivity contribution in [1.29, 1.82) is 0 Å². The lowest BCUT2D eigenvalue weighted by molar-refractivity contribution is 0.539. The summed E-state index contributed by atoms with van der Waals surface area (Å²) in [6, 6.07) is 6.88. The summed E-state index contributed by atoms with van der Waals surface area (Å²) in [5.74, 6) is 0.487. The molecule has 0 atom stereocenters. The van der Waals surface area contributed by atoms with Gasteiger partial charge in [0.15, 0.2) is 0 Å². The number of nitrogens with zero attached hydrogens (tertiary/aromatic N) is 1. The van der Waals surface area contributed by atoms with Gasteiger partial charge < -0.3 is 4.90 Å². The minimum absolute atomic E-state index is 0.140. The van der Waals surface area contributed by atoms with Gasteiger partial charge in [0.1, 0.15) is 10.1 Å². The van der Waals surface area contributed by atoms with Crippen molar-refractivity contribution in [1.82, 2.24) is 4.90 Å². The third-order valence-electron chi connectivity index (χ3n) is 2.67. The molecule has 0 amide bonds. The molecule has 0 aliphatic carbocycles. The highest BCUT2D eigenvalue weighted by molar-refractivity contribution is 8.22. The van der Waals surface area contributed by atoms with Crippen molar-refractivity contribution in [2.75, 3.05) is 13.1 Å². The van der Waals surface area contributed by atoms with Gasteiger partial charge in [0.25, 0.3) is 0 Å². The summed E-state index contributed by atoms with van der Waals surface area (Å²) in [5, 5.41) is 0.